The summed E-state index contributed by atoms with van der Waals surface area (Å²) in [5, 5.41) is 12.1. The molecule has 252 valence electrons. The van der Waals surface area contributed by atoms with Gasteiger partial charge in [-0.25, -0.2) is 0 Å². The molecule has 2 N–H and O–H groups in total. The molecule has 1 spiro atoms. The summed E-state index contributed by atoms with van der Waals surface area (Å²) in [5.41, 5.74) is -0.384. The largest absolute Gasteiger partial charge is 0.455 e. The van der Waals surface area contributed by atoms with Gasteiger partial charge in [-0.3, -0.25) is 19.2 Å². The Morgan fingerprint density at radius 2 is 1.91 bits per heavy atom. The van der Waals surface area contributed by atoms with Gasteiger partial charge < -0.3 is 29.7 Å². The Morgan fingerprint density at radius 1 is 1.15 bits per heavy atom. The predicted octanol–water partition coefficient (Wildman–Crippen LogP) is 4.10. The van der Waals surface area contributed by atoms with E-state index in [4.69, 9.17) is 9.47 Å². The number of carbonyl (C=O) groups is 4. The van der Waals surface area contributed by atoms with Crippen LogP contribution in [0.25, 0.3) is 0 Å². The topological polar surface area (TPSA) is 125 Å². The number of nitrogens with zero attached hydrogens (tertiary/aromatic N) is 2. The molecule has 0 radical (unpaired) electrons. The lowest BCUT2D eigenvalue weighted by Gasteiger charge is -2.37. The van der Waals surface area contributed by atoms with E-state index >= 15 is 0 Å². The van der Waals surface area contributed by atoms with Crippen LogP contribution in [0.4, 0.5) is 0 Å². The Labute approximate surface area is 273 Å². The summed E-state index contributed by atoms with van der Waals surface area (Å²) in [7, 11) is 0. The third-order valence-electron chi connectivity index (χ3n) is 9.55. The van der Waals surface area contributed by atoms with Crippen LogP contribution in [0.3, 0.4) is 0 Å². The number of unbranched alkanes of at least 4 members (excludes halogenated alkanes) is 4. The number of carbonyl (C=O) groups excluding carboxylic acids is 4. The van der Waals surface area contributed by atoms with Crippen molar-refractivity contribution in [2.75, 3.05) is 32.8 Å². The number of aliphatic hydroxyl groups excluding tert-OH is 1. The molecule has 4 rings (SSSR count). The monoisotopic (exact) mass is 637 g/mol. The molecular weight excluding hydrogens is 586 g/mol. The van der Waals surface area contributed by atoms with E-state index in [-0.39, 0.29) is 37.3 Å². The van der Waals surface area contributed by atoms with Gasteiger partial charge in [-0.05, 0) is 44.1 Å². The number of ether oxygens (including phenoxy) is 2. The van der Waals surface area contributed by atoms with Crippen molar-refractivity contribution in [2.45, 2.75) is 95.0 Å². The first kappa shape index (κ1) is 35.4. The Balaban J connectivity index is 1.60. The second-order valence-corrected chi connectivity index (χ2v) is 12.6. The standard InChI is InChI=1S/C36H51N3O7/c1-4-7-18-29(41)37-25-28(26-16-12-11-13-17-26)45-35(44)30-27-19-20-36(46-27)31(30)33(42)39(23-14-9-10-15-24-40)32(36)34(43)38(21-6-3)22-8-5-2/h4,6,11-13,16-17,27-28,30-32,40H,1,3,5,7-10,14-15,18-25H2,2H3,(H,37,41)/t27-,28-,30+,31+,32-,36+/m0/s1. The lowest BCUT2D eigenvalue weighted by Crippen LogP contribution is -2.56. The maximum absolute atomic E-state index is 14.3. The molecule has 2 bridgehead atoms. The zero-order valence-electron chi connectivity index (χ0n) is 27.2. The summed E-state index contributed by atoms with van der Waals surface area (Å²) >= 11 is 0. The highest BCUT2D eigenvalue weighted by molar-refractivity contribution is 5.98. The SMILES string of the molecule is C=CCCC(=O)NC[C@H](OC(=O)[C@@H]1[C@@H]2CC[C@]3(O2)[C@H](C(=O)N(CC=C)CCCC)N(CCCCCCO)C(=O)[C@@H]13)c1ccccc1. The molecular formula is C36H51N3O7. The minimum absolute atomic E-state index is 0.0861. The van der Waals surface area contributed by atoms with E-state index < -0.39 is 41.7 Å². The molecule has 3 aliphatic heterocycles. The first-order chi connectivity index (χ1) is 22.3. The molecule has 3 fully saturated rings. The molecule has 3 amide bonds. The molecule has 0 unspecified atom stereocenters. The average molecular weight is 638 g/mol. The lowest BCUT2D eigenvalue weighted by molar-refractivity contribution is -0.160. The van der Waals surface area contributed by atoms with Crippen molar-refractivity contribution in [1.82, 2.24) is 15.1 Å². The first-order valence-electron chi connectivity index (χ1n) is 16.9. The number of benzene rings is 1. The van der Waals surface area contributed by atoms with Crippen LogP contribution in [0, 0.1) is 11.8 Å². The van der Waals surface area contributed by atoms with Crippen molar-refractivity contribution in [3.63, 3.8) is 0 Å². The predicted molar refractivity (Wildman–Crippen MR) is 174 cm³/mol. The van der Waals surface area contributed by atoms with Gasteiger partial charge in [0.2, 0.25) is 17.7 Å². The Morgan fingerprint density at radius 3 is 2.61 bits per heavy atom. The van der Waals surface area contributed by atoms with Gasteiger partial charge >= 0.3 is 5.97 Å². The van der Waals surface area contributed by atoms with Crippen LogP contribution >= 0.6 is 0 Å². The van der Waals surface area contributed by atoms with Crippen LogP contribution < -0.4 is 5.32 Å². The number of amides is 3. The first-order valence-corrected chi connectivity index (χ1v) is 16.9. The van der Waals surface area contributed by atoms with E-state index in [0.717, 1.165) is 31.2 Å². The molecule has 3 aliphatic rings. The summed E-state index contributed by atoms with van der Waals surface area (Å²) in [4.78, 5) is 58.6. The van der Waals surface area contributed by atoms with Crippen LogP contribution in [0.1, 0.15) is 82.8 Å². The molecule has 1 aromatic carbocycles. The van der Waals surface area contributed by atoms with Crippen molar-refractivity contribution in [1.29, 1.82) is 0 Å². The van der Waals surface area contributed by atoms with Gasteiger partial charge in [-0.2, -0.15) is 0 Å². The van der Waals surface area contributed by atoms with Gasteiger partial charge in [-0.1, -0.05) is 68.7 Å². The molecule has 6 atom stereocenters. The number of hydrogen-bond acceptors (Lipinski definition) is 7. The highest BCUT2D eigenvalue weighted by Crippen LogP contribution is 2.59. The minimum atomic E-state index is -1.11. The normalized spacial score (nSPS) is 25.2. The third kappa shape index (κ3) is 7.72. The number of esters is 1. The number of fused-ring (bicyclic) bond motifs is 1. The van der Waals surface area contributed by atoms with Gasteiger partial charge in [0.15, 0.2) is 0 Å². The summed E-state index contributed by atoms with van der Waals surface area (Å²) < 4.78 is 12.7. The summed E-state index contributed by atoms with van der Waals surface area (Å²) in [5.74, 6) is -2.83. The fourth-order valence-electron chi connectivity index (χ4n) is 7.30. The number of nitrogens with one attached hydrogen (secondary N) is 1. The Kier molecular flexibility index (Phi) is 13.0. The zero-order chi connectivity index (χ0) is 33.1. The lowest BCUT2D eigenvalue weighted by atomic mass is 9.70. The molecule has 0 aromatic heterocycles. The van der Waals surface area contributed by atoms with Crippen LogP contribution in [0.15, 0.2) is 55.6 Å². The second-order valence-electron chi connectivity index (χ2n) is 12.6. The number of likely N-dealkylation sites (tertiary alicyclic amines) is 1. The molecule has 10 heteroatoms. The van der Waals surface area contributed by atoms with Crippen molar-refractivity contribution in [3.05, 3.63) is 61.2 Å². The van der Waals surface area contributed by atoms with Crippen LogP contribution in [0.5, 0.6) is 0 Å². The van der Waals surface area contributed by atoms with Crippen molar-refractivity contribution >= 4 is 23.7 Å². The van der Waals surface area contributed by atoms with Gasteiger partial charge in [0, 0.05) is 32.7 Å². The fraction of sp³-hybridized carbons (Fsp3) is 0.611. The van der Waals surface area contributed by atoms with E-state index in [1.54, 1.807) is 22.0 Å². The molecule has 0 aliphatic carbocycles. The number of allylic oxidation sites excluding steroid dienone is 1. The highest BCUT2D eigenvalue weighted by atomic mass is 16.6. The number of aliphatic hydroxyl groups is 1. The van der Waals surface area contributed by atoms with Crippen LogP contribution in [0.2, 0.25) is 0 Å². The number of hydrogen-bond donors (Lipinski definition) is 2. The van der Waals surface area contributed by atoms with Crippen molar-refractivity contribution < 1.29 is 33.8 Å². The summed E-state index contributed by atoms with van der Waals surface area (Å²) in [6.45, 7) is 11.1. The van der Waals surface area contributed by atoms with Gasteiger partial charge in [-0.15, -0.1) is 13.2 Å². The maximum atomic E-state index is 14.3. The van der Waals surface area contributed by atoms with E-state index in [1.807, 2.05) is 30.3 Å². The Bertz CT molecular complexity index is 1220. The van der Waals surface area contributed by atoms with E-state index in [1.165, 1.54) is 0 Å². The van der Waals surface area contributed by atoms with Crippen molar-refractivity contribution in [3.8, 4) is 0 Å². The van der Waals surface area contributed by atoms with Gasteiger partial charge in [0.05, 0.1) is 24.5 Å². The van der Waals surface area contributed by atoms with Crippen LogP contribution in [-0.4, -0.2) is 89.1 Å². The van der Waals surface area contributed by atoms with Gasteiger partial charge in [0.25, 0.3) is 0 Å². The third-order valence-corrected chi connectivity index (χ3v) is 9.55. The molecule has 1 aromatic rings. The van der Waals surface area contributed by atoms with Crippen LogP contribution in [-0.2, 0) is 28.7 Å². The van der Waals surface area contributed by atoms with E-state index in [2.05, 4.69) is 25.4 Å². The molecule has 10 nitrogen and oxygen atoms in total. The molecule has 3 saturated heterocycles. The summed E-state index contributed by atoms with van der Waals surface area (Å²) in [6, 6.07) is 8.39. The summed E-state index contributed by atoms with van der Waals surface area (Å²) in [6.07, 6.45) is 8.67. The quantitative estimate of drug-likeness (QED) is 0.125. The maximum Gasteiger partial charge on any atom is 0.313 e. The average Bonchev–Trinajstić information content (AvgIpc) is 3.71. The van der Waals surface area contributed by atoms with E-state index in [0.29, 0.717) is 51.7 Å². The highest BCUT2D eigenvalue weighted by Gasteiger charge is 2.75. The fourth-order valence-corrected chi connectivity index (χ4v) is 7.30. The smallest absolute Gasteiger partial charge is 0.313 e. The van der Waals surface area contributed by atoms with E-state index in [9.17, 15) is 24.3 Å². The van der Waals surface area contributed by atoms with Gasteiger partial charge in [0.1, 0.15) is 17.7 Å². The number of rotatable bonds is 20. The Hall–Kier alpha value is -3.50. The zero-order valence-corrected chi connectivity index (χ0v) is 27.2. The molecule has 0 saturated carbocycles. The molecule has 3 heterocycles. The minimum Gasteiger partial charge on any atom is -0.455 e. The second kappa shape index (κ2) is 16.9. The molecule has 46 heavy (non-hydrogen) atoms. The van der Waals surface area contributed by atoms with Crippen molar-refractivity contribution in [2.24, 2.45) is 11.8 Å².